The lowest BCUT2D eigenvalue weighted by molar-refractivity contribution is 0.0527. The fourth-order valence-corrected chi connectivity index (χ4v) is 1.95. The predicted octanol–water partition coefficient (Wildman–Crippen LogP) is 4.20. The number of halogens is 1. The van der Waals surface area contributed by atoms with Crippen LogP contribution in [0.3, 0.4) is 0 Å². The number of carbonyl (C=O) groups is 1. The molecule has 2 aromatic carbocycles. The molecular weight excluding hydrogens is 290 g/mol. The van der Waals surface area contributed by atoms with Crippen LogP contribution < -0.4 is 10.5 Å². The van der Waals surface area contributed by atoms with Crippen LogP contribution in [0.2, 0.25) is 5.02 Å². The van der Waals surface area contributed by atoms with E-state index in [0.29, 0.717) is 28.7 Å². The molecule has 0 saturated heterocycles. The minimum absolute atomic E-state index is 0.253. The molecule has 0 spiro atoms. The highest BCUT2D eigenvalue weighted by molar-refractivity contribution is 6.31. The Kier molecular flexibility index (Phi) is 4.70. The maximum absolute atomic E-state index is 11.8. The van der Waals surface area contributed by atoms with E-state index in [2.05, 4.69) is 0 Å². The molecule has 0 aliphatic heterocycles. The molecule has 0 heterocycles. The van der Waals surface area contributed by atoms with Crippen molar-refractivity contribution < 1.29 is 14.3 Å². The Balaban J connectivity index is 2.30. The van der Waals surface area contributed by atoms with Crippen molar-refractivity contribution in [3.63, 3.8) is 0 Å². The Morgan fingerprint density at radius 1 is 1.29 bits per heavy atom. The number of para-hydroxylation sites is 1. The zero-order chi connectivity index (χ0) is 15.4. The van der Waals surface area contributed by atoms with Crippen molar-refractivity contribution in [1.82, 2.24) is 0 Å². The average molecular weight is 306 g/mol. The number of nitrogen functional groups attached to an aromatic ring is 1. The number of benzene rings is 2. The first-order valence-electron chi connectivity index (χ1n) is 6.52. The molecule has 2 aromatic rings. The first-order chi connectivity index (χ1) is 10.0. The van der Waals surface area contributed by atoms with Crippen molar-refractivity contribution in [3.8, 4) is 11.5 Å². The molecule has 2 rings (SSSR count). The van der Waals surface area contributed by atoms with Crippen LogP contribution in [0.4, 0.5) is 5.69 Å². The summed E-state index contributed by atoms with van der Waals surface area (Å²) >= 11 is 5.98. The Bertz CT molecular complexity index is 671. The van der Waals surface area contributed by atoms with E-state index in [4.69, 9.17) is 26.8 Å². The van der Waals surface area contributed by atoms with Crippen LogP contribution >= 0.6 is 11.6 Å². The lowest BCUT2D eigenvalue weighted by Gasteiger charge is -2.12. The lowest BCUT2D eigenvalue weighted by atomic mass is 10.1. The Hall–Kier alpha value is -2.20. The molecule has 0 fully saturated rings. The van der Waals surface area contributed by atoms with Crippen LogP contribution in [0, 0.1) is 6.92 Å². The van der Waals surface area contributed by atoms with E-state index in [1.165, 1.54) is 0 Å². The lowest BCUT2D eigenvalue weighted by Crippen LogP contribution is -2.08. The van der Waals surface area contributed by atoms with Gasteiger partial charge in [0.1, 0.15) is 5.75 Å². The molecular formula is C16H16ClNO3. The van der Waals surface area contributed by atoms with E-state index in [1.807, 2.05) is 6.92 Å². The fraction of sp³-hybridized carbons (Fsp3) is 0.188. The summed E-state index contributed by atoms with van der Waals surface area (Å²) in [6, 6.07) is 10.3. The van der Waals surface area contributed by atoms with Gasteiger partial charge in [-0.15, -0.1) is 0 Å². The summed E-state index contributed by atoms with van der Waals surface area (Å²) in [4.78, 5) is 11.8. The number of ether oxygens (including phenoxy) is 2. The van der Waals surface area contributed by atoms with Crippen molar-refractivity contribution in [2.45, 2.75) is 13.8 Å². The summed E-state index contributed by atoms with van der Waals surface area (Å²) in [5.74, 6) is 0.541. The molecule has 0 amide bonds. The molecule has 5 heteroatoms. The number of esters is 1. The van der Waals surface area contributed by atoms with E-state index in [1.54, 1.807) is 43.3 Å². The van der Waals surface area contributed by atoms with Crippen LogP contribution in [-0.2, 0) is 4.74 Å². The van der Waals surface area contributed by atoms with Gasteiger partial charge in [0.15, 0.2) is 5.75 Å². The summed E-state index contributed by atoms with van der Waals surface area (Å²) < 4.78 is 10.7. The molecule has 0 atom stereocenters. The van der Waals surface area contributed by atoms with Crippen LogP contribution in [0.15, 0.2) is 36.4 Å². The number of carbonyl (C=O) groups excluding carboxylic acids is 1. The highest BCUT2D eigenvalue weighted by Crippen LogP contribution is 2.32. The summed E-state index contributed by atoms with van der Waals surface area (Å²) in [7, 11) is 0. The highest BCUT2D eigenvalue weighted by atomic mass is 35.5. The normalized spacial score (nSPS) is 10.2. The summed E-state index contributed by atoms with van der Waals surface area (Å²) in [6.07, 6.45) is 0. The van der Waals surface area contributed by atoms with Gasteiger partial charge in [0.2, 0.25) is 0 Å². The third-order valence-corrected chi connectivity index (χ3v) is 3.34. The van der Waals surface area contributed by atoms with Crippen molar-refractivity contribution in [2.24, 2.45) is 0 Å². The molecule has 0 bridgehead atoms. The zero-order valence-electron chi connectivity index (χ0n) is 11.9. The monoisotopic (exact) mass is 305 g/mol. The van der Waals surface area contributed by atoms with Crippen LogP contribution in [0.1, 0.15) is 22.8 Å². The minimum atomic E-state index is -0.465. The van der Waals surface area contributed by atoms with Gasteiger partial charge >= 0.3 is 5.97 Å². The van der Waals surface area contributed by atoms with Gasteiger partial charge < -0.3 is 15.2 Å². The van der Waals surface area contributed by atoms with Gasteiger partial charge in [-0.1, -0.05) is 17.7 Å². The second-order valence-electron chi connectivity index (χ2n) is 4.45. The van der Waals surface area contributed by atoms with Crippen LogP contribution in [0.5, 0.6) is 11.5 Å². The van der Waals surface area contributed by atoms with Crippen molar-refractivity contribution in [2.75, 3.05) is 12.3 Å². The maximum atomic E-state index is 11.8. The first kappa shape index (κ1) is 15.2. The maximum Gasteiger partial charge on any atom is 0.340 e. The van der Waals surface area contributed by atoms with Gasteiger partial charge in [-0.3, -0.25) is 0 Å². The number of hydrogen-bond acceptors (Lipinski definition) is 4. The van der Waals surface area contributed by atoms with E-state index >= 15 is 0 Å². The Morgan fingerprint density at radius 3 is 2.71 bits per heavy atom. The number of anilines is 1. The average Bonchev–Trinajstić information content (AvgIpc) is 2.45. The van der Waals surface area contributed by atoms with Gasteiger partial charge in [0.05, 0.1) is 17.9 Å². The molecule has 0 saturated carbocycles. The number of nitrogens with two attached hydrogens (primary N) is 1. The van der Waals surface area contributed by atoms with E-state index in [-0.39, 0.29) is 5.69 Å². The third kappa shape index (κ3) is 3.47. The second kappa shape index (κ2) is 6.50. The predicted molar refractivity (Wildman–Crippen MR) is 83.1 cm³/mol. The molecule has 0 radical (unpaired) electrons. The molecule has 110 valence electrons. The topological polar surface area (TPSA) is 61.5 Å². The molecule has 0 aliphatic rings. The minimum Gasteiger partial charge on any atom is -0.462 e. The SMILES string of the molecule is CCOC(=O)c1cccc(Oc2ccc(Cl)c(C)c2)c1N. The van der Waals surface area contributed by atoms with Gasteiger partial charge in [0, 0.05) is 5.02 Å². The summed E-state index contributed by atoms with van der Waals surface area (Å²) in [5, 5.41) is 0.663. The van der Waals surface area contributed by atoms with E-state index in [0.717, 1.165) is 5.56 Å². The van der Waals surface area contributed by atoms with E-state index in [9.17, 15) is 4.79 Å². The van der Waals surface area contributed by atoms with Gasteiger partial charge in [0.25, 0.3) is 0 Å². The van der Waals surface area contributed by atoms with Gasteiger partial charge in [-0.05, 0) is 49.7 Å². The number of hydrogen-bond donors (Lipinski definition) is 1. The van der Waals surface area contributed by atoms with Crippen molar-refractivity contribution in [1.29, 1.82) is 0 Å². The summed E-state index contributed by atoms with van der Waals surface area (Å²) in [6.45, 7) is 3.91. The highest BCUT2D eigenvalue weighted by Gasteiger charge is 2.14. The Labute approximate surface area is 128 Å². The number of rotatable bonds is 4. The number of aryl methyl sites for hydroxylation is 1. The Morgan fingerprint density at radius 2 is 2.05 bits per heavy atom. The molecule has 4 nitrogen and oxygen atoms in total. The van der Waals surface area contributed by atoms with Crippen LogP contribution in [0.25, 0.3) is 0 Å². The first-order valence-corrected chi connectivity index (χ1v) is 6.90. The quantitative estimate of drug-likeness (QED) is 0.679. The fourth-order valence-electron chi connectivity index (χ4n) is 1.83. The molecule has 2 N–H and O–H groups in total. The molecule has 0 aliphatic carbocycles. The molecule has 21 heavy (non-hydrogen) atoms. The molecule has 0 unspecified atom stereocenters. The molecule has 0 aromatic heterocycles. The van der Waals surface area contributed by atoms with Crippen molar-refractivity contribution >= 4 is 23.3 Å². The van der Waals surface area contributed by atoms with Crippen LogP contribution in [-0.4, -0.2) is 12.6 Å². The summed E-state index contributed by atoms with van der Waals surface area (Å²) in [5.41, 5.74) is 7.42. The van der Waals surface area contributed by atoms with Gasteiger partial charge in [-0.25, -0.2) is 4.79 Å². The zero-order valence-corrected chi connectivity index (χ0v) is 12.6. The second-order valence-corrected chi connectivity index (χ2v) is 4.86. The third-order valence-electron chi connectivity index (χ3n) is 2.92. The van der Waals surface area contributed by atoms with E-state index < -0.39 is 5.97 Å². The smallest absolute Gasteiger partial charge is 0.340 e. The van der Waals surface area contributed by atoms with Crippen molar-refractivity contribution in [3.05, 3.63) is 52.5 Å². The van der Waals surface area contributed by atoms with Gasteiger partial charge in [-0.2, -0.15) is 0 Å². The largest absolute Gasteiger partial charge is 0.462 e. The standard InChI is InChI=1S/C16H16ClNO3/c1-3-20-16(19)12-5-4-6-14(15(12)18)21-11-7-8-13(17)10(2)9-11/h4-9H,3,18H2,1-2H3.